The summed E-state index contributed by atoms with van der Waals surface area (Å²) in [5.74, 6) is -0.923. The fourth-order valence-electron chi connectivity index (χ4n) is 3.05. The van der Waals surface area contributed by atoms with Gasteiger partial charge in [0, 0.05) is 18.3 Å². The Balaban J connectivity index is 1.86. The molecule has 0 aromatic heterocycles. The fourth-order valence-corrected chi connectivity index (χ4v) is 4.78. The van der Waals surface area contributed by atoms with Crippen LogP contribution in [-0.4, -0.2) is 74.3 Å². The zero-order chi connectivity index (χ0) is 19.3. The number of amides is 2. The van der Waals surface area contributed by atoms with E-state index in [-0.39, 0.29) is 42.5 Å². The molecule has 1 aliphatic rings. The Bertz CT molecular complexity index is 769. The number of likely N-dealkylation sites (N-methyl/N-ethyl adjacent to an activating group) is 2. The third-order valence-corrected chi connectivity index (χ3v) is 5.99. The summed E-state index contributed by atoms with van der Waals surface area (Å²) in [5, 5.41) is 2.57. The minimum absolute atomic E-state index is 0.000951. The lowest BCUT2D eigenvalue weighted by molar-refractivity contribution is -0.134. The van der Waals surface area contributed by atoms with E-state index in [4.69, 9.17) is 0 Å². The van der Waals surface area contributed by atoms with Crippen LogP contribution in [0.5, 0.6) is 0 Å². The van der Waals surface area contributed by atoms with Crippen molar-refractivity contribution in [2.75, 3.05) is 43.5 Å². The summed E-state index contributed by atoms with van der Waals surface area (Å²) in [6.45, 7) is 2.19. The van der Waals surface area contributed by atoms with Crippen molar-refractivity contribution in [3.63, 3.8) is 0 Å². The minimum Gasteiger partial charge on any atom is -0.338 e. The zero-order valence-electron chi connectivity index (χ0n) is 14.9. The molecule has 1 aliphatic heterocycles. The Morgan fingerprint density at radius 2 is 2.04 bits per heavy atom. The van der Waals surface area contributed by atoms with Crippen LogP contribution in [0.15, 0.2) is 24.3 Å². The quantitative estimate of drug-likeness (QED) is 0.748. The molecule has 2 amide bonds. The van der Waals surface area contributed by atoms with Gasteiger partial charge in [-0.25, -0.2) is 12.8 Å². The highest BCUT2D eigenvalue weighted by Gasteiger charge is 2.34. The van der Waals surface area contributed by atoms with Gasteiger partial charge in [-0.2, -0.15) is 0 Å². The fraction of sp³-hybridized carbons (Fsp3) is 0.529. The first-order valence-electron chi connectivity index (χ1n) is 8.44. The average molecular weight is 385 g/mol. The molecular formula is C17H24FN3O4S. The summed E-state index contributed by atoms with van der Waals surface area (Å²) in [6.07, 6.45) is 0.450. The van der Waals surface area contributed by atoms with Crippen molar-refractivity contribution in [2.45, 2.75) is 19.4 Å². The van der Waals surface area contributed by atoms with E-state index in [1.807, 2.05) is 0 Å². The normalized spacial score (nSPS) is 18.7. The molecule has 1 N–H and O–H groups in total. The topological polar surface area (TPSA) is 86.8 Å². The molecule has 0 radical (unpaired) electrons. The van der Waals surface area contributed by atoms with Gasteiger partial charge in [0.15, 0.2) is 9.84 Å². The summed E-state index contributed by atoms with van der Waals surface area (Å²) in [7, 11) is -1.44. The van der Waals surface area contributed by atoms with E-state index in [1.165, 1.54) is 18.2 Å². The maximum absolute atomic E-state index is 13.1. The number of nitrogens with zero attached hydrogens (tertiary/aromatic N) is 2. The number of anilines is 1. The van der Waals surface area contributed by atoms with Gasteiger partial charge in [-0.15, -0.1) is 0 Å². The largest absolute Gasteiger partial charge is 0.338 e. The first-order chi connectivity index (χ1) is 12.2. The maximum Gasteiger partial charge on any atom is 0.238 e. The number of hydrogen-bond acceptors (Lipinski definition) is 5. The highest BCUT2D eigenvalue weighted by atomic mass is 32.2. The van der Waals surface area contributed by atoms with Gasteiger partial charge in [0.25, 0.3) is 0 Å². The number of benzene rings is 1. The molecule has 0 bridgehead atoms. The van der Waals surface area contributed by atoms with Crippen molar-refractivity contribution in [3.05, 3.63) is 30.1 Å². The standard InChI is InChI=1S/C17H24FN3O4S/c1-3-21(15-7-8-26(24,25)12-15)17(23)11-20(2)10-16(22)19-14-6-4-5-13(18)9-14/h4-6,9,15H,3,7-8,10-12H2,1-2H3,(H,19,22)/t15-/m1/s1. The molecule has 2 rings (SSSR count). The first kappa shape index (κ1) is 20.3. The molecule has 1 aromatic carbocycles. The third kappa shape index (κ3) is 5.77. The number of sulfone groups is 1. The van der Waals surface area contributed by atoms with Gasteiger partial charge in [-0.1, -0.05) is 6.07 Å². The lowest BCUT2D eigenvalue weighted by Crippen LogP contribution is -2.46. The van der Waals surface area contributed by atoms with Crippen molar-refractivity contribution >= 4 is 27.3 Å². The van der Waals surface area contributed by atoms with Gasteiger partial charge in [-0.05, 0) is 38.6 Å². The second-order valence-corrected chi connectivity index (χ2v) is 8.70. The molecule has 1 atom stereocenters. The monoisotopic (exact) mass is 385 g/mol. The molecule has 26 heavy (non-hydrogen) atoms. The Labute approximate surface area is 153 Å². The van der Waals surface area contributed by atoms with E-state index in [1.54, 1.807) is 29.8 Å². The number of halogens is 1. The molecule has 0 spiro atoms. The third-order valence-electron chi connectivity index (χ3n) is 4.24. The highest BCUT2D eigenvalue weighted by molar-refractivity contribution is 7.91. The molecular weight excluding hydrogens is 361 g/mol. The van der Waals surface area contributed by atoms with Crippen LogP contribution in [0.3, 0.4) is 0 Å². The molecule has 0 saturated carbocycles. The van der Waals surface area contributed by atoms with Crippen molar-refractivity contribution in [1.82, 2.24) is 9.80 Å². The van der Waals surface area contributed by atoms with Crippen LogP contribution in [0.4, 0.5) is 10.1 Å². The lowest BCUT2D eigenvalue weighted by Gasteiger charge is -2.28. The number of nitrogens with one attached hydrogen (secondary N) is 1. The van der Waals surface area contributed by atoms with Gasteiger partial charge in [-0.3, -0.25) is 14.5 Å². The van der Waals surface area contributed by atoms with E-state index < -0.39 is 15.7 Å². The molecule has 1 fully saturated rings. The molecule has 0 unspecified atom stereocenters. The van der Waals surface area contributed by atoms with Gasteiger partial charge < -0.3 is 10.2 Å². The molecule has 0 aliphatic carbocycles. The summed E-state index contributed by atoms with van der Waals surface area (Å²) >= 11 is 0. The van der Waals surface area contributed by atoms with Crippen LogP contribution in [0, 0.1) is 5.82 Å². The maximum atomic E-state index is 13.1. The summed E-state index contributed by atoms with van der Waals surface area (Å²) in [5.41, 5.74) is 0.348. The summed E-state index contributed by atoms with van der Waals surface area (Å²) in [4.78, 5) is 27.6. The number of rotatable bonds is 7. The number of hydrogen-bond donors (Lipinski definition) is 1. The molecule has 144 valence electrons. The molecule has 9 heteroatoms. The van der Waals surface area contributed by atoms with E-state index in [0.717, 1.165) is 0 Å². The first-order valence-corrected chi connectivity index (χ1v) is 10.3. The Kier molecular flexibility index (Phi) is 6.71. The van der Waals surface area contributed by atoms with Gasteiger partial charge in [0.1, 0.15) is 5.82 Å². The summed E-state index contributed by atoms with van der Waals surface area (Å²) < 4.78 is 36.4. The SMILES string of the molecule is CCN(C(=O)CN(C)CC(=O)Nc1cccc(F)c1)[C@@H]1CCS(=O)(=O)C1. The van der Waals surface area contributed by atoms with E-state index in [9.17, 15) is 22.4 Å². The van der Waals surface area contributed by atoms with Crippen LogP contribution in [0.25, 0.3) is 0 Å². The van der Waals surface area contributed by atoms with E-state index in [0.29, 0.717) is 18.7 Å². The Morgan fingerprint density at radius 3 is 2.62 bits per heavy atom. The minimum atomic E-state index is -3.07. The predicted molar refractivity (Wildman–Crippen MR) is 97.0 cm³/mol. The second kappa shape index (κ2) is 8.59. The van der Waals surface area contributed by atoms with Gasteiger partial charge in [0.05, 0.1) is 24.6 Å². The molecule has 1 saturated heterocycles. The van der Waals surface area contributed by atoms with Crippen LogP contribution in [-0.2, 0) is 19.4 Å². The van der Waals surface area contributed by atoms with E-state index in [2.05, 4.69) is 5.32 Å². The predicted octanol–water partition coefficient (Wildman–Crippen LogP) is 0.732. The van der Waals surface area contributed by atoms with Crippen LogP contribution in [0.2, 0.25) is 0 Å². The second-order valence-electron chi connectivity index (χ2n) is 6.47. The number of carbonyl (C=O) groups is 2. The van der Waals surface area contributed by atoms with E-state index >= 15 is 0 Å². The summed E-state index contributed by atoms with van der Waals surface area (Å²) in [6, 6.07) is 5.26. The molecule has 1 aromatic rings. The van der Waals surface area contributed by atoms with Crippen molar-refractivity contribution in [2.24, 2.45) is 0 Å². The van der Waals surface area contributed by atoms with Crippen molar-refractivity contribution < 1.29 is 22.4 Å². The Hall–Kier alpha value is -2.00. The van der Waals surface area contributed by atoms with Gasteiger partial charge in [0.2, 0.25) is 11.8 Å². The van der Waals surface area contributed by atoms with Crippen molar-refractivity contribution in [1.29, 1.82) is 0 Å². The smallest absolute Gasteiger partial charge is 0.238 e. The average Bonchev–Trinajstić information content (AvgIpc) is 2.87. The van der Waals surface area contributed by atoms with Gasteiger partial charge >= 0.3 is 0 Å². The van der Waals surface area contributed by atoms with Crippen LogP contribution < -0.4 is 5.32 Å². The highest BCUT2D eigenvalue weighted by Crippen LogP contribution is 2.18. The molecule has 1 heterocycles. The lowest BCUT2D eigenvalue weighted by atomic mass is 10.2. The van der Waals surface area contributed by atoms with Crippen LogP contribution in [0.1, 0.15) is 13.3 Å². The molecule has 7 nitrogen and oxygen atoms in total. The Morgan fingerprint density at radius 1 is 1.31 bits per heavy atom. The van der Waals surface area contributed by atoms with Crippen molar-refractivity contribution in [3.8, 4) is 0 Å². The zero-order valence-corrected chi connectivity index (χ0v) is 15.8. The van der Waals surface area contributed by atoms with Crippen LogP contribution >= 0.6 is 0 Å². The number of carbonyl (C=O) groups excluding carboxylic acids is 2.